The Morgan fingerprint density at radius 3 is 2.37 bits per heavy atom. The van der Waals surface area contributed by atoms with E-state index in [0.29, 0.717) is 36.7 Å². The van der Waals surface area contributed by atoms with Crippen LogP contribution in [0.1, 0.15) is 35.7 Å². The number of carbonyl (C=O) groups is 2. The SMILES string of the molecule is COc1cc(C(=O)N(C)Cc2ccc(F)cc2)ccc1OC1CCN(C(C)=O)CC1. The molecule has 0 spiro atoms. The quantitative estimate of drug-likeness (QED) is 0.726. The second-order valence-electron chi connectivity index (χ2n) is 7.48. The number of amides is 2. The van der Waals surface area contributed by atoms with Crippen molar-refractivity contribution in [2.24, 2.45) is 0 Å². The Morgan fingerprint density at radius 2 is 1.77 bits per heavy atom. The second kappa shape index (κ2) is 9.61. The molecule has 160 valence electrons. The lowest BCUT2D eigenvalue weighted by atomic mass is 10.1. The molecule has 1 fully saturated rings. The highest BCUT2D eigenvalue weighted by Crippen LogP contribution is 2.31. The molecular formula is C23H27FN2O4. The number of likely N-dealkylation sites (tertiary alicyclic amines) is 1. The highest BCUT2D eigenvalue weighted by atomic mass is 19.1. The van der Waals surface area contributed by atoms with Crippen molar-refractivity contribution in [3.05, 3.63) is 59.4 Å². The zero-order valence-corrected chi connectivity index (χ0v) is 17.6. The van der Waals surface area contributed by atoms with Crippen molar-refractivity contribution in [3.8, 4) is 11.5 Å². The van der Waals surface area contributed by atoms with Crippen LogP contribution in [0.3, 0.4) is 0 Å². The van der Waals surface area contributed by atoms with Gasteiger partial charge < -0.3 is 19.3 Å². The summed E-state index contributed by atoms with van der Waals surface area (Å²) in [5, 5.41) is 0. The topological polar surface area (TPSA) is 59.1 Å². The Balaban J connectivity index is 1.65. The Kier molecular flexibility index (Phi) is 6.92. The molecule has 0 aliphatic carbocycles. The standard InChI is InChI=1S/C23H27FN2O4/c1-16(27)26-12-10-20(11-13-26)30-21-9-6-18(14-22(21)29-3)23(28)25(2)15-17-4-7-19(24)8-5-17/h4-9,14,20H,10-13,15H2,1-3H3. The summed E-state index contributed by atoms with van der Waals surface area (Å²) in [6.07, 6.45) is 1.50. The number of benzene rings is 2. The van der Waals surface area contributed by atoms with E-state index in [-0.39, 0.29) is 23.7 Å². The fourth-order valence-corrected chi connectivity index (χ4v) is 3.52. The molecule has 7 heteroatoms. The average molecular weight is 414 g/mol. The van der Waals surface area contributed by atoms with E-state index in [0.717, 1.165) is 18.4 Å². The molecule has 2 amide bonds. The molecule has 0 unspecified atom stereocenters. The maximum Gasteiger partial charge on any atom is 0.254 e. The summed E-state index contributed by atoms with van der Waals surface area (Å²) in [5.41, 5.74) is 1.33. The molecular weight excluding hydrogens is 387 g/mol. The Hall–Kier alpha value is -3.09. The van der Waals surface area contributed by atoms with Crippen LogP contribution in [0, 0.1) is 5.82 Å². The molecule has 1 aliphatic rings. The monoisotopic (exact) mass is 414 g/mol. The van der Waals surface area contributed by atoms with E-state index in [1.165, 1.54) is 19.2 Å². The van der Waals surface area contributed by atoms with Gasteiger partial charge in [0.1, 0.15) is 11.9 Å². The lowest BCUT2D eigenvalue weighted by molar-refractivity contribution is -0.130. The van der Waals surface area contributed by atoms with Gasteiger partial charge in [-0.3, -0.25) is 9.59 Å². The van der Waals surface area contributed by atoms with Crippen LogP contribution in [0.5, 0.6) is 11.5 Å². The minimum absolute atomic E-state index is 0.00259. The van der Waals surface area contributed by atoms with E-state index in [1.54, 1.807) is 49.2 Å². The molecule has 1 heterocycles. The molecule has 3 rings (SSSR count). The van der Waals surface area contributed by atoms with Crippen LogP contribution in [0.2, 0.25) is 0 Å². The van der Waals surface area contributed by atoms with Gasteiger partial charge in [0, 0.05) is 52.0 Å². The van der Waals surface area contributed by atoms with Crippen molar-refractivity contribution in [2.75, 3.05) is 27.2 Å². The van der Waals surface area contributed by atoms with Crippen LogP contribution < -0.4 is 9.47 Å². The van der Waals surface area contributed by atoms with Crippen LogP contribution in [0.25, 0.3) is 0 Å². The van der Waals surface area contributed by atoms with E-state index in [9.17, 15) is 14.0 Å². The van der Waals surface area contributed by atoms with Gasteiger partial charge in [-0.15, -0.1) is 0 Å². The summed E-state index contributed by atoms with van der Waals surface area (Å²) in [6.45, 7) is 3.29. The highest BCUT2D eigenvalue weighted by molar-refractivity contribution is 5.94. The third kappa shape index (κ3) is 5.28. The first-order chi connectivity index (χ1) is 14.4. The maximum atomic E-state index is 13.1. The summed E-state index contributed by atoms with van der Waals surface area (Å²) in [6, 6.07) is 11.2. The highest BCUT2D eigenvalue weighted by Gasteiger charge is 2.23. The van der Waals surface area contributed by atoms with Crippen LogP contribution >= 0.6 is 0 Å². The Labute approximate surface area is 176 Å². The van der Waals surface area contributed by atoms with Gasteiger partial charge in [-0.05, 0) is 35.9 Å². The number of carbonyl (C=O) groups excluding carboxylic acids is 2. The number of halogens is 1. The normalized spacial score (nSPS) is 14.3. The molecule has 2 aromatic rings. The molecule has 0 bridgehead atoms. The van der Waals surface area contributed by atoms with Gasteiger partial charge in [0.05, 0.1) is 7.11 Å². The van der Waals surface area contributed by atoms with Crippen molar-refractivity contribution in [1.82, 2.24) is 9.80 Å². The predicted molar refractivity (Wildman–Crippen MR) is 111 cm³/mol. The number of hydrogen-bond acceptors (Lipinski definition) is 4. The third-order valence-electron chi connectivity index (χ3n) is 5.27. The fourth-order valence-electron chi connectivity index (χ4n) is 3.52. The molecule has 0 aromatic heterocycles. The Morgan fingerprint density at radius 1 is 1.10 bits per heavy atom. The molecule has 0 radical (unpaired) electrons. The maximum absolute atomic E-state index is 13.1. The van der Waals surface area contributed by atoms with Crippen LogP contribution in [0.4, 0.5) is 4.39 Å². The number of methoxy groups -OCH3 is 1. The van der Waals surface area contributed by atoms with Gasteiger partial charge >= 0.3 is 0 Å². The van der Waals surface area contributed by atoms with Crippen LogP contribution in [-0.2, 0) is 11.3 Å². The van der Waals surface area contributed by atoms with E-state index < -0.39 is 0 Å². The number of ether oxygens (including phenoxy) is 2. The molecule has 0 atom stereocenters. The largest absolute Gasteiger partial charge is 0.493 e. The second-order valence-corrected chi connectivity index (χ2v) is 7.48. The number of piperidine rings is 1. The number of rotatable bonds is 6. The third-order valence-corrected chi connectivity index (χ3v) is 5.27. The molecule has 1 aliphatic heterocycles. The van der Waals surface area contributed by atoms with Crippen molar-refractivity contribution in [3.63, 3.8) is 0 Å². The van der Waals surface area contributed by atoms with Gasteiger partial charge in [-0.25, -0.2) is 4.39 Å². The number of hydrogen-bond donors (Lipinski definition) is 0. The summed E-state index contributed by atoms with van der Waals surface area (Å²) in [4.78, 5) is 27.7. The van der Waals surface area contributed by atoms with Gasteiger partial charge in [0.15, 0.2) is 11.5 Å². The van der Waals surface area contributed by atoms with Crippen molar-refractivity contribution < 1.29 is 23.5 Å². The molecule has 2 aromatic carbocycles. The molecule has 30 heavy (non-hydrogen) atoms. The van der Waals surface area contributed by atoms with E-state index in [4.69, 9.17) is 9.47 Å². The molecule has 0 N–H and O–H groups in total. The molecule has 6 nitrogen and oxygen atoms in total. The van der Waals surface area contributed by atoms with Gasteiger partial charge in [-0.2, -0.15) is 0 Å². The van der Waals surface area contributed by atoms with Crippen LogP contribution in [0.15, 0.2) is 42.5 Å². The smallest absolute Gasteiger partial charge is 0.254 e. The lowest BCUT2D eigenvalue weighted by Gasteiger charge is -2.31. The van der Waals surface area contributed by atoms with E-state index >= 15 is 0 Å². The minimum Gasteiger partial charge on any atom is -0.493 e. The number of nitrogens with zero attached hydrogens (tertiary/aromatic N) is 2. The van der Waals surface area contributed by atoms with E-state index in [2.05, 4.69) is 0 Å². The average Bonchev–Trinajstić information content (AvgIpc) is 2.75. The van der Waals surface area contributed by atoms with E-state index in [1.807, 2.05) is 4.90 Å². The molecule has 0 saturated carbocycles. The summed E-state index contributed by atoms with van der Waals surface area (Å²) < 4.78 is 24.6. The summed E-state index contributed by atoms with van der Waals surface area (Å²) in [5.74, 6) is 0.680. The van der Waals surface area contributed by atoms with Gasteiger partial charge in [0.25, 0.3) is 5.91 Å². The predicted octanol–water partition coefficient (Wildman–Crippen LogP) is 3.50. The minimum atomic E-state index is -0.306. The van der Waals surface area contributed by atoms with Gasteiger partial charge in [-0.1, -0.05) is 12.1 Å². The first-order valence-corrected chi connectivity index (χ1v) is 9.97. The summed E-state index contributed by atoms with van der Waals surface area (Å²) in [7, 11) is 3.24. The lowest BCUT2D eigenvalue weighted by Crippen LogP contribution is -2.40. The van der Waals surface area contributed by atoms with Crippen LogP contribution in [-0.4, -0.2) is 55.0 Å². The zero-order valence-electron chi connectivity index (χ0n) is 17.6. The fraction of sp³-hybridized carbons (Fsp3) is 0.391. The van der Waals surface area contributed by atoms with Crippen molar-refractivity contribution >= 4 is 11.8 Å². The first kappa shape index (κ1) is 21.6. The Bertz CT molecular complexity index is 893. The zero-order chi connectivity index (χ0) is 21.7. The van der Waals surface area contributed by atoms with Crippen molar-refractivity contribution in [2.45, 2.75) is 32.4 Å². The molecule has 1 saturated heterocycles. The summed E-state index contributed by atoms with van der Waals surface area (Å²) >= 11 is 0. The first-order valence-electron chi connectivity index (χ1n) is 9.97. The van der Waals surface area contributed by atoms with Gasteiger partial charge in [0.2, 0.25) is 5.91 Å². The van der Waals surface area contributed by atoms with Crippen molar-refractivity contribution in [1.29, 1.82) is 0 Å².